The molecular weight excluding hydrogens is 373 g/mol. The number of alkyl halides is 3. The number of hydrogen-bond acceptors (Lipinski definition) is 6. The molecule has 0 fully saturated rings. The smallest absolute Gasteiger partial charge is 0.433 e. The Bertz CT molecular complexity index is 1080. The van der Waals surface area contributed by atoms with E-state index in [2.05, 4.69) is 25.3 Å². The molecule has 28 heavy (non-hydrogen) atoms. The van der Waals surface area contributed by atoms with Crippen LogP contribution in [0, 0.1) is 0 Å². The van der Waals surface area contributed by atoms with Gasteiger partial charge in [0, 0.05) is 30.1 Å². The number of ether oxygens (including phenoxy) is 1. The Morgan fingerprint density at radius 1 is 0.964 bits per heavy atom. The van der Waals surface area contributed by atoms with E-state index < -0.39 is 11.9 Å². The van der Waals surface area contributed by atoms with Gasteiger partial charge in [-0.15, -0.1) is 5.10 Å². The normalized spacial score (nSPS) is 11.4. The zero-order chi connectivity index (χ0) is 19.6. The van der Waals surface area contributed by atoms with Gasteiger partial charge in [0.25, 0.3) is 0 Å². The van der Waals surface area contributed by atoms with Crippen LogP contribution in [0.3, 0.4) is 0 Å². The molecule has 1 aromatic carbocycles. The molecule has 0 spiro atoms. The predicted molar refractivity (Wildman–Crippen MR) is 91.7 cm³/mol. The van der Waals surface area contributed by atoms with Crippen molar-refractivity contribution in [2.45, 2.75) is 6.18 Å². The molecule has 140 valence electrons. The number of nitrogens with zero attached hydrogens (tertiary/aromatic N) is 6. The highest BCUT2D eigenvalue weighted by Crippen LogP contribution is 2.32. The summed E-state index contributed by atoms with van der Waals surface area (Å²) in [6.45, 7) is 0. The zero-order valence-electron chi connectivity index (χ0n) is 14.1. The molecule has 7 nitrogen and oxygen atoms in total. The number of halogens is 3. The molecule has 3 heterocycles. The monoisotopic (exact) mass is 384 g/mol. The zero-order valence-corrected chi connectivity index (χ0v) is 14.1. The van der Waals surface area contributed by atoms with Gasteiger partial charge in [-0.3, -0.25) is 4.98 Å². The molecule has 10 heteroatoms. The van der Waals surface area contributed by atoms with Gasteiger partial charge in [0.15, 0.2) is 11.5 Å². The summed E-state index contributed by atoms with van der Waals surface area (Å²) in [5.41, 5.74) is -0.133. The van der Waals surface area contributed by atoms with Crippen molar-refractivity contribution in [3.8, 4) is 28.7 Å². The van der Waals surface area contributed by atoms with Crippen LogP contribution in [0.1, 0.15) is 5.69 Å². The molecule has 0 aliphatic rings. The van der Waals surface area contributed by atoms with E-state index in [1.54, 1.807) is 42.6 Å². The van der Waals surface area contributed by atoms with Crippen LogP contribution in [0.4, 0.5) is 13.2 Å². The van der Waals surface area contributed by atoms with E-state index in [0.717, 1.165) is 6.07 Å². The van der Waals surface area contributed by atoms with E-state index in [1.807, 2.05) is 0 Å². The van der Waals surface area contributed by atoms with Gasteiger partial charge in [-0.05, 0) is 24.3 Å². The molecule has 4 aromatic rings. The summed E-state index contributed by atoms with van der Waals surface area (Å²) in [7, 11) is 0. The fourth-order valence-electron chi connectivity index (χ4n) is 2.40. The Morgan fingerprint density at radius 2 is 1.86 bits per heavy atom. The summed E-state index contributed by atoms with van der Waals surface area (Å²) in [6.07, 6.45) is 1.37. The van der Waals surface area contributed by atoms with E-state index in [1.165, 1.54) is 23.3 Å². The van der Waals surface area contributed by atoms with E-state index in [-0.39, 0.29) is 17.5 Å². The van der Waals surface area contributed by atoms with Crippen LogP contribution >= 0.6 is 0 Å². The van der Waals surface area contributed by atoms with Gasteiger partial charge in [0.1, 0.15) is 5.75 Å². The third-order valence-electron chi connectivity index (χ3n) is 3.64. The van der Waals surface area contributed by atoms with Crippen molar-refractivity contribution in [1.82, 2.24) is 29.9 Å². The SMILES string of the molecule is FC(F)(F)c1cc(Oc2cccc(-n3ccnn3)c2)nc(-c2cccnc2)n1. The standard InChI is InChI=1S/C18H11F3N6O/c19-18(20,21)15-10-16(25-17(24-15)12-3-2-6-22-11-12)28-14-5-1-4-13(9-14)27-8-7-23-26-27/h1-11H. The lowest BCUT2D eigenvalue weighted by Crippen LogP contribution is -2.10. The van der Waals surface area contributed by atoms with Crippen LogP contribution in [0.2, 0.25) is 0 Å². The van der Waals surface area contributed by atoms with Crippen molar-refractivity contribution in [3.63, 3.8) is 0 Å². The Balaban J connectivity index is 1.72. The van der Waals surface area contributed by atoms with Crippen LogP contribution in [0.25, 0.3) is 17.1 Å². The topological polar surface area (TPSA) is 78.6 Å². The summed E-state index contributed by atoms with van der Waals surface area (Å²) >= 11 is 0. The van der Waals surface area contributed by atoms with Gasteiger partial charge in [-0.1, -0.05) is 11.3 Å². The number of aromatic nitrogens is 6. The van der Waals surface area contributed by atoms with E-state index in [4.69, 9.17) is 4.74 Å². The maximum absolute atomic E-state index is 13.3. The van der Waals surface area contributed by atoms with Gasteiger partial charge in [0.05, 0.1) is 18.1 Å². The second-order valence-electron chi connectivity index (χ2n) is 5.60. The molecule has 0 N–H and O–H groups in total. The lowest BCUT2D eigenvalue weighted by atomic mass is 10.2. The minimum Gasteiger partial charge on any atom is -0.439 e. The molecule has 0 aliphatic carbocycles. The van der Waals surface area contributed by atoms with Gasteiger partial charge in [0.2, 0.25) is 5.88 Å². The van der Waals surface area contributed by atoms with Crippen LogP contribution in [-0.2, 0) is 6.18 Å². The Kier molecular flexibility index (Phi) is 4.44. The number of benzene rings is 1. The average Bonchev–Trinajstić information content (AvgIpc) is 3.23. The molecule has 0 saturated heterocycles. The van der Waals surface area contributed by atoms with Crippen molar-refractivity contribution in [2.24, 2.45) is 0 Å². The predicted octanol–water partition coefficient (Wildman–Crippen LogP) is 3.93. The molecule has 0 amide bonds. The molecule has 0 radical (unpaired) electrons. The molecule has 0 atom stereocenters. The Labute approximate surface area is 156 Å². The van der Waals surface area contributed by atoms with Crippen LogP contribution < -0.4 is 4.74 Å². The lowest BCUT2D eigenvalue weighted by Gasteiger charge is -2.12. The van der Waals surface area contributed by atoms with Gasteiger partial charge in [-0.25, -0.2) is 9.67 Å². The van der Waals surface area contributed by atoms with Crippen molar-refractivity contribution in [3.05, 3.63) is 72.9 Å². The van der Waals surface area contributed by atoms with E-state index in [0.29, 0.717) is 11.3 Å². The summed E-state index contributed by atoms with van der Waals surface area (Å²) < 4.78 is 46.9. The molecule has 3 aromatic heterocycles. The first-order valence-electron chi connectivity index (χ1n) is 8.00. The maximum Gasteiger partial charge on any atom is 0.433 e. The number of hydrogen-bond donors (Lipinski definition) is 0. The Hall–Kier alpha value is -3.82. The molecule has 0 aliphatic heterocycles. The summed E-state index contributed by atoms with van der Waals surface area (Å²) in [5, 5.41) is 7.58. The Morgan fingerprint density at radius 3 is 2.57 bits per heavy atom. The third-order valence-corrected chi connectivity index (χ3v) is 3.64. The van der Waals surface area contributed by atoms with Crippen molar-refractivity contribution in [2.75, 3.05) is 0 Å². The quantitative estimate of drug-likeness (QED) is 0.531. The van der Waals surface area contributed by atoms with E-state index in [9.17, 15) is 13.2 Å². The molecule has 0 saturated carbocycles. The minimum atomic E-state index is -4.65. The first kappa shape index (κ1) is 17.6. The van der Waals surface area contributed by atoms with Gasteiger partial charge < -0.3 is 4.74 Å². The highest BCUT2D eigenvalue weighted by molar-refractivity contribution is 5.54. The fraction of sp³-hybridized carbons (Fsp3) is 0.0556. The first-order chi connectivity index (χ1) is 13.5. The van der Waals surface area contributed by atoms with Crippen LogP contribution in [-0.4, -0.2) is 29.9 Å². The maximum atomic E-state index is 13.3. The molecule has 0 bridgehead atoms. The molecular formula is C18H11F3N6O. The summed E-state index contributed by atoms with van der Waals surface area (Å²) in [6, 6.07) is 10.5. The largest absolute Gasteiger partial charge is 0.439 e. The van der Waals surface area contributed by atoms with Crippen molar-refractivity contribution in [1.29, 1.82) is 0 Å². The van der Waals surface area contributed by atoms with Gasteiger partial charge >= 0.3 is 6.18 Å². The van der Waals surface area contributed by atoms with E-state index >= 15 is 0 Å². The fourth-order valence-corrected chi connectivity index (χ4v) is 2.40. The van der Waals surface area contributed by atoms with Gasteiger partial charge in [-0.2, -0.15) is 18.2 Å². The second-order valence-corrected chi connectivity index (χ2v) is 5.60. The molecule has 4 rings (SSSR count). The summed E-state index contributed by atoms with van der Waals surface area (Å²) in [5.74, 6) is -0.0840. The average molecular weight is 384 g/mol. The van der Waals surface area contributed by atoms with Crippen LogP contribution in [0.15, 0.2) is 67.3 Å². The van der Waals surface area contributed by atoms with Crippen molar-refractivity contribution < 1.29 is 17.9 Å². The summed E-state index contributed by atoms with van der Waals surface area (Å²) in [4.78, 5) is 11.6. The lowest BCUT2D eigenvalue weighted by molar-refractivity contribution is -0.141. The number of rotatable bonds is 4. The second kappa shape index (κ2) is 7.06. The van der Waals surface area contributed by atoms with Crippen molar-refractivity contribution >= 4 is 0 Å². The molecule has 0 unspecified atom stereocenters. The number of pyridine rings is 1. The highest BCUT2D eigenvalue weighted by atomic mass is 19.4. The van der Waals surface area contributed by atoms with Crippen LogP contribution in [0.5, 0.6) is 11.6 Å². The third kappa shape index (κ3) is 3.80. The first-order valence-corrected chi connectivity index (χ1v) is 8.00. The minimum absolute atomic E-state index is 0.134. The highest BCUT2D eigenvalue weighted by Gasteiger charge is 2.34.